The monoisotopic (exact) mass is 281 g/mol. The van der Waals surface area contributed by atoms with Crippen LogP contribution in [0.25, 0.3) is 0 Å². The van der Waals surface area contributed by atoms with E-state index in [-0.39, 0.29) is 11.6 Å². The van der Waals surface area contributed by atoms with Gasteiger partial charge in [0.1, 0.15) is 0 Å². The molecule has 3 unspecified atom stereocenters. The molecule has 2 fully saturated rings. The van der Waals surface area contributed by atoms with Gasteiger partial charge in [-0.2, -0.15) is 0 Å². The first-order valence-corrected chi connectivity index (χ1v) is 8.85. The first-order valence-electron chi connectivity index (χ1n) is 8.85. The fraction of sp³-hybridized carbons (Fsp3) is 1.00. The molecular weight excluding hydrogens is 246 g/mol. The number of aliphatic hydroxyl groups is 1. The number of hydrogen-bond acceptors (Lipinski definition) is 2. The normalized spacial score (nSPS) is 40.8. The average Bonchev–Trinajstić information content (AvgIpc) is 2.46. The van der Waals surface area contributed by atoms with Crippen molar-refractivity contribution in [2.45, 2.75) is 83.3 Å². The molecule has 0 aromatic rings. The van der Waals surface area contributed by atoms with Crippen LogP contribution < -0.4 is 0 Å². The summed E-state index contributed by atoms with van der Waals surface area (Å²) in [6.45, 7) is 4.67. The van der Waals surface area contributed by atoms with Gasteiger partial charge in [-0.05, 0) is 57.5 Å². The number of rotatable bonds is 4. The van der Waals surface area contributed by atoms with E-state index >= 15 is 0 Å². The Bertz CT molecular complexity index is 296. The molecule has 2 rings (SSSR count). The zero-order chi connectivity index (χ0) is 14.8. The SMILES string of the molecule is CCC1CCC(C(O)C2(N(C)C)CCCC(C)C2)CC1. The molecule has 0 aromatic heterocycles. The smallest absolute Gasteiger partial charge is 0.0751 e. The molecule has 1 N–H and O–H groups in total. The Balaban J connectivity index is 2.06. The highest BCUT2D eigenvalue weighted by Crippen LogP contribution is 2.44. The van der Waals surface area contributed by atoms with E-state index in [9.17, 15) is 5.11 Å². The summed E-state index contributed by atoms with van der Waals surface area (Å²) < 4.78 is 0. The van der Waals surface area contributed by atoms with Gasteiger partial charge in [-0.3, -0.25) is 0 Å². The average molecular weight is 281 g/mol. The van der Waals surface area contributed by atoms with Crippen LogP contribution in [-0.4, -0.2) is 35.7 Å². The largest absolute Gasteiger partial charge is 0.391 e. The summed E-state index contributed by atoms with van der Waals surface area (Å²) in [7, 11) is 4.36. The van der Waals surface area contributed by atoms with Crippen LogP contribution in [0.1, 0.15) is 71.6 Å². The molecule has 2 heteroatoms. The van der Waals surface area contributed by atoms with Crippen molar-refractivity contribution >= 4 is 0 Å². The first-order chi connectivity index (χ1) is 9.49. The van der Waals surface area contributed by atoms with Gasteiger partial charge in [0.15, 0.2) is 0 Å². The molecule has 3 atom stereocenters. The molecule has 0 aromatic carbocycles. The van der Waals surface area contributed by atoms with Gasteiger partial charge >= 0.3 is 0 Å². The van der Waals surface area contributed by atoms with Crippen LogP contribution in [0.4, 0.5) is 0 Å². The minimum absolute atomic E-state index is 0.0430. The maximum atomic E-state index is 11.2. The van der Waals surface area contributed by atoms with E-state index < -0.39 is 0 Å². The lowest BCUT2D eigenvalue weighted by molar-refractivity contribution is -0.0807. The van der Waals surface area contributed by atoms with E-state index in [2.05, 4.69) is 32.8 Å². The second kappa shape index (κ2) is 6.79. The van der Waals surface area contributed by atoms with E-state index in [0.717, 1.165) is 11.8 Å². The second-order valence-corrected chi connectivity index (χ2v) is 7.83. The summed E-state index contributed by atoms with van der Waals surface area (Å²) in [4.78, 5) is 2.35. The van der Waals surface area contributed by atoms with Crippen molar-refractivity contribution in [3.05, 3.63) is 0 Å². The summed E-state index contributed by atoms with van der Waals surface area (Å²) in [5.41, 5.74) is 0.0430. The highest BCUT2D eigenvalue weighted by atomic mass is 16.3. The molecule has 0 amide bonds. The van der Waals surface area contributed by atoms with Crippen LogP contribution in [0, 0.1) is 17.8 Å². The molecule has 2 aliphatic rings. The van der Waals surface area contributed by atoms with Crippen molar-refractivity contribution in [3.8, 4) is 0 Å². The van der Waals surface area contributed by atoms with E-state index in [1.54, 1.807) is 0 Å². The zero-order valence-corrected chi connectivity index (χ0v) is 14.1. The number of hydrogen-bond donors (Lipinski definition) is 1. The van der Waals surface area contributed by atoms with Crippen LogP contribution in [0.15, 0.2) is 0 Å². The Morgan fingerprint density at radius 1 is 1.15 bits per heavy atom. The molecule has 118 valence electrons. The predicted octanol–water partition coefficient (Wildman–Crippen LogP) is 4.07. The molecular formula is C18H35NO. The summed E-state index contributed by atoms with van der Waals surface area (Å²) in [5.74, 6) is 2.21. The summed E-state index contributed by atoms with van der Waals surface area (Å²) >= 11 is 0. The van der Waals surface area contributed by atoms with E-state index in [0.29, 0.717) is 5.92 Å². The minimum Gasteiger partial charge on any atom is -0.391 e. The zero-order valence-electron chi connectivity index (χ0n) is 14.1. The third-order valence-corrected chi connectivity index (χ3v) is 6.37. The standard InChI is InChI=1S/C18H35NO/c1-5-15-8-10-16(11-9-15)17(20)18(19(3)4)12-6-7-14(2)13-18/h14-17,20H,5-13H2,1-4H3. The topological polar surface area (TPSA) is 23.5 Å². The first kappa shape index (κ1) is 16.3. The van der Waals surface area contributed by atoms with E-state index in [4.69, 9.17) is 0 Å². The molecule has 0 heterocycles. The fourth-order valence-corrected chi connectivity index (χ4v) is 4.85. The second-order valence-electron chi connectivity index (χ2n) is 7.83. The highest BCUT2D eigenvalue weighted by molar-refractivity contribution is 5.01. The minimum atomic E-state index is -0.127. The van der Waals surface area contributed by atoms with E-state index in [1.807, 2.05) is 0 Å². The lowest BCUT2D eigenvalue weighted by Gasteiger charge is -2.51. The van der Waals surface area contributed by atoms with Gasteiger partial charge in [-0.1, -0.05) is 46.0 Å². The summed E-state index contributed by atoms with van der Waals surface area (Å²) in [6.07, 6.45) is 11.3. The molecule has 20 heavy (non-hydrogen) atoms. The molecule has 0 saturated heterocycles. The van der Waals surface area contributed by atoms with Crippen molar-refractivity contribution in [2.24, 2.45) is 17.8 Å². The number of nitrogens with zero attached hydrogens (tertiary/aromatic N) is 1. The van der Waals surface area contributed by atoms with Crippen LogP contribution in [0.5, 0.6) is 0 Å². The molecule has 2 nitrogen and oxygen atoms in total. The van der Waals surface area contributed by atoms with Crippen molar-refractivity contribution in [3.63, 3.8) is 0 Å². The molecule has 0 spiro atoms. The third kappa shape index (κ3) is 3.22. The van der Waals surface area contributed by atoms with Crippen molar-refractivity contribution in [2.75, 3.05) is 14.1 Å². The lowest BCUT2D eigenvalue weighted by atomic mass is 9.66. The predicted molar refractivity (Wildman–Crippen MR) is 85.8 cm³/mol. The van der Waals surface area contributed by atoms with Crippen LogP contribution in [0.2, 0.25) is 0 Å². The van der Waals surface area contributed by atoms with Crippen molar-refractivity contribution in [1.82, 2.24) is 4.90 Å². The Morgan fingerprint density at radius 2 is 1.80 bits per heavy atom. The van der Waals surface area contributed by atoms with Gasteiger partial charge in [-0.25, -0.2) is 0 Å². The molecule has 0 aliphatic heterocycles. The van der Waals surface area contributed by atoms with Crippen molar-refractivity contribution in [1.29, 1.82) is 0 Å². The third-order valence-electron chi connectivity index (χ3n) is 6.37. The number of likely N-dealkylation sites (N-methyl/N-ethyl adjacent to an activating group) is 1. The van der Waals surface area contributed by atoms with Crippen LogP contribution >= 0.6 is 0 Å². The Hall–Kier alpha value is -0.0800. The molecule has 2 saturated carbocycles. The Morgan fingerprint density at radius 3 is 2.30 bits per heavy atom. The van der Waals surface area contributed by atoms with Gasteiger partial charge in [0.2, 0.25) is 0 Å². The van der Waals surface area contributed by atoms with Crippen LogP contribution in [-0.2, 0) is 0 Å². The maximum absolute atomic E-state index is 11.2. The fourth-order valence-electron chi connectivity index (χ4n) is 4.85. The van der Waals surface area contributed by atoms with Crippen molar-refractivity contribution < 1.29 is 5.11 Å². The summed E-state index contributed by atoms with van der Waals surface area (Å²) in [6, 6.07) is 0. The lowest BCUT2D eigenvalue weighted by Crippen LogP contribution is -2.58. The quantitative estimate of drug-likeness (QED) is 0.839. The van der Waals surface area contributed by atoms with Gasteiger partial charge in [-0.15, -0.1) is 0 Å². The summed E-state index contributed by atoms with van der Waals surface area (Å²) in [5, 5.41) is 11.2. The van der Waals surface area contributed by atoms with E-state index in [1.165, 1.54) is 57.8 Å². The Labute approximate surface area is 125 Å². The number of aliphatic hydroxyl groups excluding tert-OH is 1. The van der Waals surface area contributed by atoms with Gasteiger partial charge in [0.25, 0.3) is 0 Å². The molecule has 0 radical (unpaired) electrons. The van der Waals surface area contributed by atoms with Gasteiger partial charge < -0.3 is 10.0 Å². The highest BCUT2D eigenvalue weighted by Gasteiger charge is 2.46. The molecule has 2 aliphatic carbocycles. The Kier molecular flexibility index (Phi) is 5.53. The van der Waals surface area contributed by atoms with Gasteiger partial charge in [0.05, 0.1) is 6.10 Å². The van der Waals surface area contributed by atoms with Crippen LogP contribution in [0.3, 0.4) is 0 Å². The maximum Gasteiger partial charge on any atom is 0.0751 e. The molecule has 0 bridgehead atoms. The van der Waals surface area contributed by atoms with Gasteiger partial charge in [0, 0.05) is 5.54 Å².